The molecule has 0 aliphatic rings. The fraction of sp³-hybridized carbons (Fsp3) is 0.300. The second-order valence-electron chi connectivity index (χ2n) is 6.37. The van der Waals surface area contributed by atoms with E-state index in [1.54, 1.807) is 4.68 Å². The highest BCUT2D eigenvalue weighted by Crippen LogP contribution is 2.26. The van der Waals surface area contributed by atoms with Crippen molar-refractivity contribution in [2.45, 2.75) is 38.1 Å². The summed E-state index contributed by atoms with van der Waals surface area (Å²) in [6.07, 6.45) is 0. The number of amides is 1. The maximum atomic E-state index is 12.6. The maximum Gasteiger partial charge on any atom is 0.237 e. The molecule has 1 N–H and O–H groups in total. The van der Waals surface area contributed by atoms with Gasteiger partial charge in [-0.3, -0.25) is 4.79 Å². The van der Waals surface area contributed by atoms with Crippen molar-refractivity contribution in [1.82, 2.24) is 20.2 Å². The van der Waals surface area contributed by atoms with E-state index in [-0.39, 0.29) is 11.2 Å². The van der Waals surface area contributed by atoms with Gasteiger partial charge in [0.2, 0.25) is 11.1 Å². The van der Waals surface area contributed by atoms with Crippen molar-refractivity contribution in [3.05, 3.63) is 53.6 Å². The number of nitrogens with one attached hydrogen (secondary N) is 1. The number of hydrogen-bond donors (Lipinski definition) is 1. The Morgan fingerprint density at radius 1 is 1.21 bits per heavy atom. The number of hydrogen-bond acceptors (Lipinski definition) is 6. The van der Waals surface area contributed by atoms with Gasteiger partial charge < -0.3 is 10.1 Å². The van der Waals surface area contributed by atoms with Crippen LogP contribution in [0.1, 0.15) is 25.0 Å². The molecule has 0 fully saturated rings. The number of thioether (sulfide) groups is 1. The zero-order valence-electron chi connectivity index (χ0n) is 16.3. The minimum Gasteiger partial charge on any atom is -0.494 e. The Balaban J connectivity index is 1.69. The van der Waals surface area contributed by atoms with Crippen molar-refractivity contribution in [3.8, 4) is 11.4 Å². The Labute approximate surface area is 168 Å². The molecule has 0 spiro atoms. The van der Waals surface area contributed by atoms with Crippen LogP contribution in [0.25, 0.3) is 5.69 Å². The molecule has 0 unspecified atom stereocenters. The summed E-state index contributed by atoms with van der Waals surface area (Å²) in [4.78, 5) is 12.6. The number of nitrogens with zero attached hydrogens (tertiary/aromatic N) is 4. The van der Waals surface area contributed by atoms with Crippen LogP contribution in [0.3, 0.4) is 0 Å². The lowest BCUT2D eigenvalue weighted by Crippen LogP contribution is -2.23. The van der Waals surface area contributed by atoms with Crippen LogP contribution in [0.5, 0.6) is 5.75 Å². The number of ether oxygens (including phenoxy) is 1. The van der Waals surface area contributed by atoms with Crippen molar-refractivity contribution in [1.29, 1.82) is 0 Å². The van der Waals surface area contributed by atoms with E-state index in [9.17, 15) is 4.79 Å². The second-order valence-corrected chi connectivity index (χ2v) is 7.68. The molecular weight excluding hydrogens is 374 g/mol. The Morgan fingerprint density at radius 2 is 1.96 bits per heavy atom. The lowest BCUT2D eigenvalue weighted by molar-refractivity contribution is -0.115. The lowest BCUT2D eigenvalue weighted by Gasteiger charge is -2.13. The van der Waals surface area contributed by atoms with Crippen LogP contribution in [-0.4, -0.2) is 38.0 Å². The molecule has 0 aliphatic heterocycles. The smallest absolute Gasteiger partial charge is 0.237 e. The van der Waals surface area contributed by atoms with Gasteiger partial charge in [-0.05, 0) is 79.6 Å². The highest BCUT2D eigenvalue weighted by molar-refractivity contribution is 8.00. The zero-order chi connectivity index (χ0) is 20.1. The zero-order valence-corrected chi connectivity index (χ0v) is 17.2. The molecule has 1 aromatic heterocycles. The van der Waals surface area contributed by atoms with E-state index in [1.807, 2.05) is 70.2 Å². The monoisotopic (exact) mass is 397 g/mol. The quantitative estimate of drug-likeness (QED) is 0.611. The molecule has 0 bridgehead atoms. The number of tetrazole rings is 1. The van der Waals surface area contributed by atoms with Crippen LogP contribution < -0.4 is 10.1 Å². The summed E-state index contributed by atoms with van der Waals surface area (Å²) in [5, 5.41) is 15.1. The maximum absolute atomic E-state index is 12.6. The largest absolute Gasteiger partial charge is 0.494 e. The van der Waals surface area contributed by atoms with Gasteiger partial charge >= 0.3 is 0 Å². The van der Waals surface area contributed by atoms with Gasteiger partial charge in [0.05, 0.1) is 17.5 Å². The molecular formula is C20H23N5O2S. The number of carbonyl (C=O) groups excluding carboxylic acids is 1. The Morgan fingerprint density at radius 3 is 2.68 bits per heavy atom. The molecule has 0 saturated carbocycles. The number of aryl methyl sites for hydroxylation is 2. The fourth-order valence-electron chi connectivity index (χ4n) is 2.61. The number of benzene rings is 2. The molecule has 146 valence electrons. The molecule has 3 rings (SSSR count). The molecule has 3 aromatic rings. The SMILES string of the molecule is CCOc1ccc(NC(=O)[C@H](C)Sc2nnnn2-c2cc(C)ccc2C)cc1. The van der Waals surface area contributed by atoms with Gasteiger partial charge in [-0.25, -0.2) is 0 Å². The van der Waals surface area contributed by atoms with Gasteiger partial charge in [0.1, 0.15) is 5.75 Å². The Hall–Kier alpha value is -2.87. The first-order valence-electron chi connectivity index (χ1n) is 9.04. The van der Waals surface area contributed by atoms with E-state index in [0.717, 1.165) is 28.3 Å². The van der Waals surface area contributed by atoms with Gasteiger partial charge in [0, 0.05) is 5.69 Å². The van der Waals surface area contributed by atoms with E-state index in [1.165, 1.54) is 11.8 Å². The molecule has 0 saturated heterocycles. The van der Waals surface area contributed by atoms with E-state index < -0.39 is 0 Å². The summed E-state index contributed by atoms with van der Waals surface area (Å²) in [5.41, 5.74) is 3.81. The number of aromatic nitrogens is 4. The first-order chi connectivity index (χ1) is 13.5. The van der Waals surface area contributed by atoms with Crippen LogP contribution in [0.15, 0.2) is 47.6 Å². The number of rotatable bonds is 7. The molecule has 0 aliphatic carbocycles. The van der Waals surface area contributed by atoms with Gasteiger partial charge in [-0.15, -0.1) is 5.10 Å². The molecule has 1 amide bonds. The minimum atomic E-state index is -0.374. The van der Waals surface area contributed by atoms with Gasteiger partial charge in [-0.1, -0.05) is 23.9 Å². The van der Waals surface area contributed by atoms with Crippen LogP contribution in [0.2, 0.25) is 0 Å². The van der Waals surface area contributed by atoms with E-state index in [2.05, 4.69) is 20.8 Å². The number of anilines is 1. The third-order valence-electron chi connectivity index (χ3n) is 4.12. The predicted molar refractivity (Wildman–Crippen MR) is 110 cm³/mol. The molecule has 2 aromatic carbocycles. The van der Waals surface area contributed by atoms with Gasteiger partial charge in [0.15, 0.2) is 0 Å². The topological polar surface area (TPSA) is 81.9 Å². The molecule has 0 radical (unpaired) electrons. The highest BCUT2D eigenvalue weighted by atomic mass is 32.2. The van der Waals surface area contributed by atoms with Crippen LogP contribution in [0.4, 0.5) is 5.69 Å². The average molecular weight is 398 g/mol. The van der Waals surface area contributed by atoms with E-state index in [0.29, 0.717) is 11.8 Å². The molecule has 28 heavy (non-hydrogen) atoms. The standard InChI is InChI=1S/C20H23N5O2S/c1-5-27-17-10-8-16(9-11-17)21-19(26)15(4)28-20-22-23-24-25(20)18-12-13(2)6-7-14(18)3/h6-12,15H,5H2,1-4H3,(H,21,26)/t15-/m0/s1. The summed E-state index contributed by atoms with van der Waals surface area (Å²) in [7, 11) is 0. The summed E-state index contributed by atoms with van der Waals surface area (Å²) in [5.74, 6) is 0.653. The normalized spacial score (nSPS) is 11.9. The summed E-state index contributed by atoms with van der Waals surface area (Å²) < 4.78 is 7.09. The van der Waals surface area contributed by atoms with Crippen LogP contribution in [0, 0.1) is 13.8 Å². The lowest BCUT2D eigenvalue weighted by atomic mass is 10.1. The van der Waals surface area contributed by atoms with Crippen molar-refractivity contribution in [2.24, 2.45) is 0 Å². The van der Waals surface area contributed by atoms with Crippen LogP contribution in [-0.2, 0) is 4.79 Å². The summed E-state index contributed by atoms with van der Waals surface area (Å²) in [6, 6.07) is 13.4. The molecule has 7 nitrogen and oxygen atoms in total. The first kappa shape index (κ1) is 19.9. The Bertz CT molecular complexity index is 955. The van der Waals surface area contributed by atoms with E-state index >= 15 is 0 Å². The highest BCUT2D eigenvalue weighted by Gasteiger charge is 2.20. The summed E-state index contributed by atoms with van der Waals surface area (Å²) >= 11 is 1.32. The third kappa shape index (κ3) is 4.69. The number of carbonyl (C=O) groups is 1. The second kappa shape index (κ2) is 8.88. The predicted octanol–water partition coefficient (Wildman–Crippen LogP) is 3.80. The fourth-order valence-corrected chi connectivity index (χ4v) is 3.41. The Kier molecular flexibility index (Phi) is 6.30. The average Bonchev–Trinajstić information content (AvgIpc) is 3.13. The minimum absolute atomic E-state index is 0.121. The summed E-state index contributed by atoms with van der Waals surface area (Å²) in [6.45, 7) is 8.39. The first-order valence-corrected chi connectivity index (χ1v) is 9.92. The van der Waals surface area contributed by atoms with Crippen molar-refractivity contribution >= 4 is 23.4 Å². The van der Waals surface area contributed by atoms with E-state index in [4.69, 9.17) is 4.74 Å². The molecule has 8 heteroatoms. The van der Waals surface area contributed by atoms with Crippen LogP contribution >= 0.6 is 11.8 Å². The van der Waals surface area contributed by atoms with Crippen molar-refractivity contribution in [2.75, 3.05) is 11.9 Å². The third-order valence-corrected chi connectivity index (χ3v) is 5.15. The molecule has 1 heterocycles. The molecule has 1 atom stereocenters. The van der Waals surface area contributed by atoms with Gasteiger partial charge in [0.25, 0.3) is 0 Å². The van der Waals surface area contributed by atoms with Crippen molar-refractivity contribution in [3.63, 3.8) is 0 Å². The van der Waals surface area contributed by atoms with Gasteiger partial charge in [-0.2, -0.15) is 4.68 Å². The van der Waals surface area contributed by atoms with Crippen molar-refractivity contribution < 1.29 is 9.53 Å².